The Morgan fingerprint density at radius 1 is 1.05 bits per heavy atom. The highest BCUT2D eigenvalue weighted by Crippen LogP contribution is 2.35. The molecule has 0 saturated carbocycles. The molecule has 0 bridgehead atoms. The fourth-order valence-corrected chi connectivity index (χ4v) is 2.05. The number of hydrogen-bond donors (Lipinski definition) is 1. The van der Waals surface area contributed by atoms with Crippen molar-refractivity contribution in [3.8, 4) is 11.1 Å². The summed E-state index contributed by atoms with van der Waals surface area (Å²) < 4.78 is 51.6. The average Bonchev–Trinajstić information content (AvgIpc) is 2.40. The summed E-state index contributed by atoms with van der Waals surface area (Å²) in [5, 5.41) is 9.18. The number of hydrogen-bond acceptors (Lipinski definition) is 1. The lowest BCUT2D eigenvalue weighted by atomic mass is 9.99. The first kappa shape index (κ1) is 14.8. The number of benzene rings is 2. The molecule has 2 aromatic carbocycles. The maximum Gasteiger partial charge on any atom is 0.416 e. The quantitative estimate of drug-likeness (QED) is 0.800. The van der Waals surface area contributed by atoms with Crippen molar-refractivity contribution in [2.75, 3.05) is 0 Å². The minimum absolute atomic E-state index is 0.0788. The van der Waals surface area contributed by atoms with Crippen LogP contribution in [-0.4, -0.2) is 5.11 Å². The molecule has 0 heterocycles. The molecule has 0 aliphatic carbocycles. The molecule has 6 heteroatoms. The van der Waals surface area contributed by atoms with Crippen LogP contribution < -0.4 is 0 Å². The van der Waals surface area contributed by atoms with Gasteiger partial charge in [-0.1, -0.05) is 11.6 Å². The Kier molecular flexibility index (Phi) is 4.01. The van der Waals surface area contributed by atoms with E-state index in [-0.39, 0.29) is 21.7 Å². The van der Waals surface area contributed by atoms with E-state index in [9.17, 15) is 17.6 Å². The highest BCUT2D eigenvalue weighted by atomic mass is 35.5. The SMILES string of the molecule is OCc1cc(-c2cc(F)ccc2Cl)cc(C(F)(F)F)c1. The lowest BCUT2D eigenvalue weighted by molar-refractivity contribution is -0.137. The van der Waals surface area contributed by atoms with Gasteiger partial charge in [-0.2, -0.15) is 13.2 Å². The molecule has 0 atom stereocenters. The van der Waals surface area contributed by atoms with Gasteiger partial charge >= 0.3 is 6.18 Å². The zero-order chi connectivity index (χ0) is 14.9. The van der Waals surface area contributed by atoms with E-state index in [0.717, 1.165) is 24.3 Å². The molecule has 0 aromatic heterocycles. The van der Waals surface area contributed by atoms with Crippen LogP contribution in [0.5, 0.6) is 0 Å². The molecule has 0 unspecified atom stereocenters. The standard InChI is InChI=1S/C14H9ClF4O/c15-13-2-1-11(16)6-12(13)9-3-8(7-20)4-10(5-9)14(17,18)19/h1-6,20H,7H2. The van der Waals surface area contributed by atoms with Gasteiger partial charge in [-0.3, -0.25) is 0 Å². The lowest BCUT2D eigenvalue weighted by Gasteiger charge is -2.12. The summed E-state index contributed by atoms with van der Waals surface area (Å²) >= 11 is 5.88. The van der Waals surface area contributed by atoms with E-state index in [1.54, 1.807) is 0 Å². The van der Waals surface area contributed by atoms with Crippen LogP contribution in [-0.2, 0) is 12.8 Å². The van der Waals surface area contributed by atoms with Gasteiger partial charge in [0.05, 0.1) is 12.2 Å². The van der Waals surface area contributed by atoms with Gasteiger partial charge in [0.2, 0.25) is 0 Å². The summed E-state index contributed by atoms with van der Waals surface area (Å²) in [4.78, 5) is 0. The first-order valence-corrected chi connectivity index (χ1v) is 5.96. The largest absolute Gasteiger partial charge is 0.416 e. The summed E-state index contributed by atoms with van der Waals surface area (Å²) in [6.07, 6.45) is -4.56. The van der Waals surface area contributed by atoms with E-state index in [0.29, 0.717) is 0 Å². The molecule has 106 valence electrons. The fourth-order valence-electron chi connectivity index (χ4n) is 1.82. The van der Waals surface area contributed by atoms with Crippen LogP contribution in [0, 0.1) is 5.82 Å². The van der Waals surface area contributed by atoms with Crippen LogP contribution in [0.25, 0.3) is 11.1 Å². The van der Waals surface area contributed by atoms with Crippen LogP contribution in [0.1, 0.15) is 11.1 Å². The zero-order valence-corrected chi connectivity index (χ0v) is 10.8. The van der Waals surface area contributed by atoms with E-state index < -0.39 is 24.2 Å². The molecule has 20 heavy (non-hydrogen) atoms. The van der Waals surface area contributed by atoms with Gasteiger partial charge in [0.25, 0.3) is 0 Å². The third kappa shape index (κ3) is 3.11. The van der Waals surface area contributed by atoms with E-state index in [1.165, 1.54) is 12.1 Å². The smallest absolute Gasteiger partial charge is 0.392 e. The Labute approximate surface area is 117 Å². The van der Waals surface area contributed by atoms with Crippen LogP contribution in [0.3, 0.4) is 0 Å². The number of aliphatic hydroxyl groups is 1. The van der Waals surface area contributed by atoms with Gasteiger partial charge in [0.1, 0.15) is 5.82 Å². The van der Waals surface area contributed by atoms with E-state index in [2.05, 4.69) is 0 Å². The van der Waals surface area contributed by atoms with Gasteiger partial charge in [-0.25, -0.2) is 4.39 Å². The number of aliphatic hydroxyl groups excluding tert-OH is 1. The summed E-state index contributed by atoms with van der Waals surface area (Å²) in [5.74, 6) is -0.604. The van der Waals surface area contributed by atoms with Gasteiger partial charge in [0.15, 0.2) is 0 Å². The van der Waals surface area contributed by atoms with Crippen molar-refractivity contribution in [3.63, 3.8) is 0 Å². The minimum atomic E-state index is -4.56. The summed E-state index contributed by atoms with van der Waals surface area (Å²) in [6, 6.07) is 6.50. The maximum absolute atomic E-state index is 13.2. The second-order valence-corrected chi connectivity index (χ2v) is 4.61. The minimum Gasteiger partial charge on any atom is -0.392 e. The molecule has 1 nitrogen and oxygen atoms in total. The van der Waals surface area contributed by atoms with E-state index >= 15 is 0 Å². The predicted octanol–water partition coefficient (Wildman–Crippen LogP) is 4.66. The van der Waals surface area contributed by atoms with Crippen molar-refractivity contribution in [2.45, 2.75) is 12.8 Å². The molecule has 0 radical (unpaired) electrons. The molecule has 2 rings (SSSR count). The molecule has 0 aliphatic rings. The third-order valence-electron chi connectivity index (χ3n) is 2.74. The van der Waals surface area contributed by atoms with Gasteiger partial charge in [-0.15, -0.1) is 0 Å². The molecule has 0 aliphatic heterocycles. The normalized spacial score (nSPS) is 11.7. The number of rotatable bonds is 2. The summed E-state index contributed by atoms with van der Waals surface area (Å²) in [5.41, 5.74) is -0.588. The maximum atomic E-state index is 13.2. The number of halogens is 5. The Morgan fingerprint density at radius 2 is 1.75 bits per heavy atom. The van der Waals surface area contributed by atoms with Gasteiger partial charge in [-0.05, 0) is 47.5 Å². The van der Waals surface area contributed by atoms with Crippen molar-refractivity contribution in [3.05, 3.63) is 58.4 Å². The Balaban J connectivity index is 2.64. The molecular formula is C14H9ClF4O. The molecule has 0 amide bonds. The second kappa shape index (κ2) is 5.42. The molecule has 1 N–H and O–H groups in total. The topological polar surface area (TPSA) is 20.2 Å². The van der Waals surface area contributed by atoms with E-state index in [1.807, 2.05) is 0 Å². The van der Waals surface area contributed by atoms with Gasteiger partial charge in [0, 0.05) is 10.6 Å². The molecule has 0 saturated heterocycles. The number of alkyl halides is 3. The summed E-state index contributed by atoms with van der Waals surface area (Å²) in [7, 11) is 0. The first-order valence-electron chi connectivity index (χ1n) is 5.58. The van der Waals surface area contributed by atoms with Crippen LogP contribution in [0.2, 0.25) is 5.02 Å². The highest BCUT2D eigenvalue weighted by molar-refractivity contribution is 6.33. The Morgan fingerprint density at radius 3 is 2.35 bits per heavy atom. The monoisotopic (exact) mass is 304 g/mol. The molecular weight excluding hydrogens is 296 g/mol. The first-order chi connectivity index (χ1) is 9.31. The van der Waals surface area contributed by atoms with Crippen molar-refractivity contribution >= 4 is 11.6 Å². The van der Waals surface area contributed by atoms with Crippen LogP contribution >= 0.6 is 11.6 Å². The van der Waals surface area contributed by atoms with Gasteiger partial charge < -0.3 is 5.11 Å². The van der Waals surface area contributed by atoms with E-state index in [4.69, 9.17) is 16.7 Å². The van der Waals surface area contributed by atoms with Crippen molar-refractivity contribution in [1.29, 1.82) is 0 Å². The fraction of sp³-hybridized carbons (Fsp3) is 0.143. The Hall–Kier alpha value is -1.59. The summed E-state index contributed by atoms with van der Waals surface area (Å²) in [6.45, 7) is -0.552. The Bertz CT molecular complexity index is 638. The predicted molar refractivity (Wildman–Crippen MR) is 67.8 cm³/mol. The third-order valence-corrected chi connectivity index (χ3v) is 3.07. The second-order valence-electron chi connectivity index (χ2n) is 4.20. The van der Waals surface area contributed by atoms with Crippen molar-refractivity contribution in [2.24, 2.45) is 0 Å². The molecule has 0 fully saturated rings. The van der Waals surface area contributed by atoms with Crippen LogP contribution in [0.15, 0.2) is 36.4 Å². The molecule has 0 spiro atoms. The average molecular weight is 305 g/mol. The van der Waals surface area contributed by atoms with Crippen molar-refractivity contribution in [1.82, 2.24) is 0 Å². The van der Waals surface area contributed by atoms with Crippen molar-refractivity contribution < 1.29 is 22.7 Å². The highest BCUT2D eigenvalue weighted by Gasteiger charge is 2.31. The lowest BCUT2D eigenvalue weighted by Crippen LogP contribution is -2.06. The zero-order valence-electron chi connectivity index (χ0n) is 10.0. The molecule has 2 aromatic rings. The van der Waals surface area contributed by atoms with Crippen LogP contribution in [0.4, 0.5) is 17.6 Å².